The first-order valence-electron chi connectivity index (χ1n) is 6.01. The van der Waals surface area contributed by atoms with E-state index in [9.17, 15) is 4.79 Å². The van der Waals surface area contributed by atoms with Gasteiger partial charge in [-0.15, -0.1) is 0 Å². The zero-order valence-corrected chi connectivity index (χ0v) is 11.2. The fourth-order valence-electron chi connectivity index (χ4n) is 1.72. The molecule has 0 saturated heterocycles. The molecule has 94 valence electrons. The van der Waals surface area contributed by atoms with Gasteiger partial charge in [0.1, 0.15) is 5.00 Å². The molecule has 1 aromatic heterocycles. The summed E-state index contributed by atoms with van der Waals surface area (Å²) in [4.78, 5) is 11.7. The maximum atomic E-state index is 11.7. The van der Waals surface area contributed by atoms with Crippen LogP contribution in [-0.2, 0) is 11.2 Å². The molecule has 0 aliphatic carbocycles. The van der Waals surface area contributed by atoms with E-state index < -0.39 is 0 Å². The van der Waals surface area contributed by atoms with Crippen LogP contribution in [0.1, 0.15) is 24.1 Å². The van der Waals surface area contributed by atoms with E-state index in [2.05, 4.69) is 21.8 Å². The summed E-state index contributed by atoms with van der Waals surface area (Å²) < 4.78 is 4.12. The normalized spacial score (nSPS) is 10.3. The van der Waals surface area contributed by atoms with E-state index in [0.29, 0.717) is 6.42 Å². The van der Waals surface area contributed by atoms with Crippen molar-refractivity contribution < 1.29 is 4.79 Å². The minimum atomic E-state index is 0.0644. The average Bonchev–Trinajstić information content (AvgIpc) is 2.76. The van der Waals surface area contributed by atoms with Crippen LogP contribution in [0.25, 0.3) is 0 Å². The molecule has 0 unspecified atom stereocenters. The average molecular weight is 260 g/mol. The van der Waals surface area contributed by atoms with E-state index in [1.807, 2.05) is 31.2 Å². The molecule has 18 heavy (non-hydrogen) atoms. The van der Waals surface area contributed by atoms with Crippen LogP contribution >= 0.6 is 11.5 Å². The highest BCUT2D eigenvalue weighted by molar-refractivity contribution is 7.10. The molecule has 0 aliphatic heterocycles. The van der Waals surface area contributed by atoms with Crippen molar-refractivity contribution in [2.75, 3.05) is 5.32 Å². The Kier molecular flexibility index (Phi) is 4.47. The molecule has 1 aromatic carbocycles. The lowest BCUT2D eigenvalue weighted by Crippen LogP contribution is -2.10. The van der Waals surface area contributed by atoms with E-state index in [1.165, 1.54) is 17.1 Å². The maximum absolute atomic E-state index is 11.7. The summed E-state index contributed by atoms with van der Waals surface area (Å²) in [6, 6.07) is 12.1. The van der Waals surface area contributed by atoms with Gasteiger partial charge >= 0.3 is 0 Å². The summed E-state index contributed by atoms with van der Waals surface area (Å²) in [5, 5.41) is 3.70. The molecule has 4 heteroatoms. The molecule has 0 atom stereocenters. The molecule has 2 aromatic rings. The highest BCUT2D eigenvalue weighted by Gasteiger charge is 2.04. The van der Waals surface area contributed by atoms with Crippen molar-refractivity contribution in [2.24, 2.45) is 0 Å². The third-order valence-electron chi connectivity index (χ3n) is 2.60. The molecular weight excluding hydrogens is 244 g/mol. The molecule has 3 nitrogen and oxygen atoms in total. The quantitative estimate of drug-likeness (QED) is 0.895. The molecule has 0 radical (unpaired) electrons. The van der Waals surface area contributed by atoms with Crippen LogP contribution in [0.5, 0.6) is 0 Å². The van der Waals surface area contributed by atoms with Crippen LogP contribution in [0.3, 0.4) is 0 Å². The number of rotatable bonds is 5. The lowest BCUT2D eigenvalue weighted by atomic mass is 10.1. The first-order chi connectivity index (χ1) is 8.74. The smallest absolute Gasteiger partial charge is 0.225 e. The number of amides is 1. The van der Waals surface area contributed by atoms with Gasteiger partial charge in [-0.2, -0.15) is 4.37 Å². The Morgan fingerprint density at radius 1 is 1.33 bits per heavy atom. The zero-order chi connectivity index (χ0) is 12.8. The lowest BCUT2D eigenvalue weighted by Gasteiger charge is -2.02. The van der Waals surface area contributed by atoms with Gasteiger partial charge in [-0.05, 0) is 42.9 Å². The van der Waals surface area contributed by atoms with Crippen LogP contribution < -0.4 is 5.32 Å². The van der Waals surface area contributed by atoms with Gasteiger partial charge in [0.25, 0.3) is 0 Å². The Bertz CT molecular complexity index is 508. The number of aryl methyl sites for hydroxylation is 2. The van der Waals surface area contributed by atoms with Gasteiger partial charge in [0.2, 0.25) is 5.91 Å². The minimum Gasteiger partial charge on any atom is -0.316 e. The summed E-state index contributed by atoms with van der Waals surface area (Å²) in [6.07, 6.45) is 2.36. The van der Waals surface area contributed by atoms with Crippen LogP contribution in [-0.4, -0.2) is 10.3 Å². The molecule has 1 heterocycles. The topological polar surface area (TPSA) is 42.0 Å². The molecule has 0 fully saturated rings. The Hall–Kier alpha value is -1.68. The van der Waals surface area contributed by atoms with Gasteiger partial charge < -0.3 is 5.32 Å². The number of nitrogens with one attached hydrogen (secondary N) is 1. The lowest BCUT2D eigenvalue weighted by molar-refractivity contribution is -0.116. The summed E-state index contributed by atoms with van der Waals surface area (Å²) >= 11 is 1.33. The number of aromatic nitrogens is 1. The van der Waals surface area contributed by atoms with Crippen LogP contribution in [0, 0.1) is 6.92 Å². The van der Waals surface area contributed by atoms with Gasteiger partial charge in [0, 0.05) is 6.42 Å². The zero-order valence-electron chi connectivity index (χ0n) is 10.3. The highest BCUT2D eigenvalue weighted by atomic mass is 32.1. The molecule has 1 N–H and O–H groups in total. The number of hydrogen-bond acceptors (Lipinski definition) is 3. The standard InChI is InChI=1S/C14H16N2OS/c1-11-10-14(18-16-11)15-13(17)9-5-8-12-6-3-2-4-7-12/h2-4,6-7,10H,5,8-9H2,1H3,(H,15,17). The van der Waals surface area contributed by atoms with Gasteiger partial charge in [0.15, 0.2) is 0 Å². The van der Waals surface area contributed by atoms with E-state index in [1.54, 1.807) is 0 Å². The Labute approximate surface area is 111 Å². The van der Waals surface area contributed by atoms with E-state index >= 15 is 0 Å². The molecule has 0 spiro atoms. The first kappa shape index (κ1) is 12.8. The van der Waals surface area contributed by atoms with Crippen molar-refractivity contribution in [3.05, 3.63) is 47.7 Å². The van der Waals surface area contributed by atoms with Crippen molar-refractivity contribution in [3.63, 3.8) is 0 Å². The molecule has 0 saturated carbocycles. The number of nitrogens with zero attached hydrogens (tertiary/aromatic N) is 1. The second kappa shape index (κ2) is 6.31. The summed E-state index contributed by atoms with van der Waals surface area (Å²) in [7, 11) is 0. The summed E-state index contributed by atoms with van der Waals surface area (Å²) in [5.41, 5.74) is 2.22. The number of anilines is 1. The van der Waals surface area contributed by atoms with Gasteiger partial charge in [-0.1, -0.05) is 30.3 Å². The number of carbonyl (C=O) groups excluding carboxylic acids is 1. The molecule has 2 rings (SSSR count). The molecule has 0 aliphatic rings. The van der Waals surface area contributed by atoms with Crippen LogP contribution in [0.4, 0.5) is 5.00 Å². The Morgan fingerprint density at radius 3 is 2.78 bits per heavy atom. The third kappa shape index (κ3) is 3.96. The minimum absolute atomic E-state index is 0.0644. The summed E-state index contributed by atoms with van der Waals surface area (Å²) in [6.45, 7) is 1.92. The molecule has 1 amide bonds. The molecular formula is C14H16N2OS. The monoisotopic (exact) mass is 260 g/mol. The Morgan fingerprint density at radius 2 is 2.11 bits per heavy atom. The number of carbonyl (C=O) groups is 1. The van der Waals surface area contributed by atoms with Crippen molar-refractivity contribution in [1.29, 1.82) is 0 Å². The van der Waals surface area contributed by atoms with Crippen molar-refractivity contribution >= 4 is 22.4 Å². The summed E-state index contributed by atoms with van der Waals surface area (Å²) in [5.74, 6) is 0.0644. The van der Waals surface area contributed by atoms with Gasteiger partial charge in [-0.25, -0.2) is 0 Å². The predicted octanol–water partition coefficient (Wildman–Crippen LogP) is 3.41. The van der Waals surface area contributed by atoms with E-state index in [-0.39, 0.29) is 5.91 Å². The SMILES string of the molecule is Cc1cc(NC(=O)CCCc2ccccc2)sn1. The van der Waals surface area contributed by atoms with Gasteiger partial charge in [0.05, 0.1) is 5.69 Å². The van der Waals surface area contributed by atoms with Crippen LogP contribution in [0.2, 0.25) is 0 Å². The maximum Gasteiger partial charge on any atom is 0.225 e. The van der Waals surface area contributed by atoms with Crippen LogP contribution in [0.15, 0.2) is 36.4 Å². The van der Waals surface area contributed by atoms with Crippen molar-refractivity contribution in [1.82, 2.24) is 4.37 Å². The second-order valence-corrected chi connectivity index (χ2v) is 5.02. The fourth-order valence-corrected chi connectivity index (χ4v) is 2.40. The molecule has 0 bridgehead atoms. The van der Waals surface area contributed by atoms with E-state index in [4.69, 9.17) is 0 Å². The second-order valence-electron chi connectivity index (χ2n) is 4.22. The van der Waals surface area contributed by atoms with Crippen molar-refractivity contribution in [2.45, 2.75) is 26.2 Å². The number of benzene rings is 1. The predicted molar refractivity (Wildman–Crippen MR) is 74.9 cm³/mol. The number of hydrogen-bond donors (Lipinski definition) is 1. The largest absolute Gasteiger partial charge is 0.316 e. The van der Waals surface area contributed by atoms with Gasteiger partial charge in [-0.3, -0.25) is 4.79 Å². The highest BCUT2D eigenvalue weighted by Crippen LogP contribution is 2.16. The third-order valence-corrected chi connectivity index (χ3v) is 3.40. The fraction of sp³-hybridized carbons (Fsp3) is 0.286. The van der Waals surface area contributed by atoms with Crippen molar-refractivity contribution in [3.8, 4) is 0 Å². The Balaban J connectivity index is 1.72. The van der Waals surface area contributed by atoms with E-state index in [0.717, 1.165) is 23.5 Å². The first-order valence-corrected chi connectivity index (χ1v) is 6.78.